The fourth-order valence-electron chi connectivity index (χ4n) is 3.87. The number of nitrogens with zero attached hydrogens (tertiary/aromatic N) is 1. The Kier molecular flexibility index (Phi) is 5.63. The zero-order chi connectivity index (χ0) is 19.6. The topological polar surface area (TPSA) is 30.0 Å². The summed E-state index contributed by atoms with van der Waals surface area (Å²) in [6, 6.07) is 3.04. The van der Waals surface area contributed by atoms with Gasteiger partial charge in [0.1, 0.15) is 11.6 Å². The molecule has 1 heterocycles. The van der Waals surface area contributed by atoms with Gasteiger partial charge < -0.3 is 4.79 Å². The highest BCUT2D eigenvalue weighted by Gasteiger charge is 2.34. The molecule has 0 bridgehead atoms. The molecule has 3 rings (SSSR count). The van der Waals surface area contributed by atoms with Gasteiger partial charge in [0.05, 0.1) is 5.56 Å². The molecule has 27 heavy (non-hydrogen) atoms. The van der Waals surface area contributed by atoms with Crippen LogP contribution < -0.4 is 0 Å². The zero-order valence-electron chi connectivity index (χ0n) is 15.1. The molecule has 2 nitrogen and oxygen atoms in total. The molecule has 0 saturated heterocycles. The van der Waals surface area contributed by atoms with Crippen molar-refractivity contribution in [3.8, 4) is 11.1 Å². The molecule has 1 aliphatic carbocycles. The van der Waals surface area contributed by atoms with E-state index in [1.54, 1.807) is 19.3 Å². The van der Waals surface area contributed by atoms with Crippen molar-refractivity contribution in [3.05, 3.63) is 53.1 Å². The molecule has 1 aromatic heterocycles. The van der Waals surface area contributed by atoms with Crippen LogP contribution in [0, 0.1) is 5.82 Å². The van der Waals surface area contributed by atoms with Crippen molar-refractivity contribution in [2.75, 3.05) is 0 Å². The maximum Gasteiger partial charge on any atom is 0.419 e. The summed E-state index contributed by atoms with van der Waals surface area (Å²) in [5.74, 6) is -0.829. The maximum absolute atomic E-state index is 14.0. The third-order valence-electron chi connectivity index (χ3n) is 5.18. The van der Waals surface area contributed by atoms with Crippen LogP contribution in [0.4, 0.5) is 17.6 Å². The monoisotopic (exact) mass is 379 g/mol. The van der Waals surface area contributed by atoms with Crippen LogP contribution >= 0.6 is 0 Å². The summed E-state index contributed by atoms with van der Waals surface area (Å²) in [5, 5.41) is 0. The van der Waals surface area contributed by atoms with Crippen LogP contribution in [0.2, 0.25) is 0 Å². The molecule has 1 aromatic carbocycles. The minimum atomic E-state index is -4.71. The fourth-order valence-corrected chi connectivity index (χ4v) is 3.87. The van der Waals surface area contributed by atoms with Gasteiger partial charge in [-0.05, 0) is 73.8 Å². The highest BCUT2D eigenvalue weighted by atomic mass is 19.4. The Morgan fingerprint density at radius 3 is 2.70 bits per heavy atom. The Morgan fingerprint density at radius 1 is 1.26 bits per heavy atom. The van der Waals surface area contributed by atoms with E-state index in [1.807, 2.05) is 0 Å². The summed E-state index contributed by atoms with van der Waals surface area (Å²) >= 11 is 0. The van der Waals surface area contributed by atoms with Gasteiger partial charge in [-0.2, -0.15) is 13.2 Å². The number of fused-ring (bicyclic) bond motifs is 1. The van der Waals surface area contributed by atoms with E-state index >= 15 is 0 Å². The number of ketones is 1. The number of benzene rings is 1. The van der Waals surface area contributed by atoms with Crippen LogP contribution in [-0.2, 0) is 17.4 Å². The van der Waals surface area contributed by atoms with Crippen molar-refractivity contribution in [1.82, 2.24) is 4.98 Å². The second-order valence-corrected chi connectivity index (χ2v) is 7.13. The number of aromatic nitrogens is 1. The van der Waals surface area contributed by atoms with E-state index < -0.39 is 17.6 Å². The number of pyridine rings is 1. The summed E-state index contributed by atoms with van der Waals surface area (Å²) in [7, 11) is 0. The Bertz CT molecular complexity index is 845. The molecule has 0 N–H and O–H groups in total. The van der Waals surface area contributed by atoms with Crippen molar-refractivity contribution >= 4 is 5.78 Å². The zero-order valence-corrected chi connectivity index (χ0v) is 15.1. The lowest BCUT2D eigenvalue weighted by atomic mass is 9.78. The van der Waals surface area contributed by atoms with Crippen molar-refractivity contribution in [3.63, 3.8) is 0 Å². The molecule has 0 saturated carbocycles. The molecular weight excluding hydrogens is 358 g/mol. The van der Waals surface area contributed by atoms with Gasteiger partial charge in [-0.15, -0.1) is 0 Å². The molecule has 1 aliphatic rings. The van der Waals surface area contributed by atoms with Crippen molar-refractivity contribution in [2.45, 2.75) is 57.5 Å². The first-order valence-corrected chi connectivity index (χ1v) is 9.10. The first kappa shape index (κ1) is 19.5. The molecule has 1 unspecified atom stereocenters. The summed E-state index contributed by atoms with van der Waals surface area (Å²) in [6.45, 7) is 1.58. The van der Waals surface area contributed by atoms with Gasteiger partial charge >= 0.3 is 6.18 Å². The molecule has 1 atom stereocenters. The summed E-state index contributed by atoms with van der Waals surface area (Å²) in [5.41, 5.74) is 1.95. The predicted molar refractivity (Wildman–Crippen MR) is 94.8 cm³/mol. The predicted octanol–water partition coefficient (Wildman–Crippen LogP) is 6.09. The average Bonchev–Trinajstić information content (AvgIpc) is 2.60. The van der Waals surface area contributed by atoms with E-state index in [0.717, 1.165) is 55.4 Å². The molecule has 0 aliphatic heterocycles. The highest BCUT2D eigenvalue weighted by molar-refractivity contribution is 5.75. The summed E-state index contributed by atoms with van der Waals surface area (Å²) in [6.07, 6.45) is 3.66. The minimum absolute atomic E-state index is 0.165. The first-order valence-electron chi connectivity index (χ1n) is 9.10. The molecule has 0 radical (unpaired) electrons. The Balaban J connectivity index is 1.92. The Labute approximate surface area is 155 Å². The lowest BCUT2D eigenvalue weighted by Gasteiger charge is -2.27. The largest absolute Gasteiger partial charge is 0.419 e. The number of hydrogen-bond acceptors (Lipinski definition) is 2. The van der Waals surface area contributed by atoms with Crippen LogP contribution in [0.3, 0.4) is 0 Å². The van der Waals surface area contributed by atoms with E-state index in [9.17, 15) is 22.4 Å². The van der Waals surface area contributed by atoms with E-state index in [4.69, 9.17) is 0 Å². The second-order valence-electron chi connectivity index (χ2n) is 7.13. The number of hydrogen-bond donors (Lipinski definition) is 0. The van der Waals surface area contributed by atoms with Crippen LogP contribution in [0.5, 0.6) is 0 Å². The third kappa shape index (κ3) is 4.37. The molecule has 144 valence electrons. The average molecular weight is 379 g/mol. The van der Waals surface area contributed by atoms with Gasteiger partial charge in [0.25, 0.3) is 0 Å². The molecule has 0 fully saturated rings. The number of alkyl halides is 3. The lowest BCUT2D eigenvalue weighted by Crippen LogP contribution is -2.12. The van der Waals surface area contributed by atoms with Gasteiger partial charge in [0, 0.05) is 24.4 Å². The van der Waals surface area contributed by atoms with Gasteiger partial charge in [0.2, 0.25) is 0 Å². The molecule has 2 aromatic rings. The van der Waals surface area contributed by atoms with Gasteiger partial charge in [0.15, 0.2) is 0 Å². The van der Waals surface area contributed by atoms with E-state index in [2.05, 4.69) is 4.98 Å². The van der Waals surface area contributed by atoms with E-state index in [0.29, 0.717) is 17.5 Å². The third-order valence-corrected chi connectivity index (χ3v) is 5.18. The van der Waals surface area contributed by atoms with Crippen LogP contribution in [0.1, 0.15) is 61.6 Å². The Hall–Kier alpha value is -2.24. The summed E-state index contributed by atoms with van der Waals surface area (Å²) < 4.78 is 52.4. The van der Waals surface area contributed by atoms with E-state index in [1.165, 1.54) is 6.07 Å². The van der Waals surface area contributed by atoms with E-state index in [-0.39, 0.29) is 11.7 Å². The number of carbonyl (C=O) groups excluding carboxylic acids is 1. The quantitative estimate of drug-likeness (QED) is 0.589. The number of halogens is 4. The van der Waals surface area contributed by atoms with Crippen molar-refractivity contribution < 1.29 is 22.4 Å². The molecular formula is C21H21F4NO. The number of Topliss-reactive ketones (excluding diaryl/α,β-unsaturated/α-hetero) is 1. The highest BCUT2D eigenvalue weighted by Crippen LogP contribution is 2.40. The maximum atomic E-state index is 14.0. The minimum Gasteiger partial charge on any atom is -0.300 e. The van der Waals surface area contributed by atoms with Gasteiger partial charge in [-0.25, -0.2) is 4.39 Å². The smallest absolute Gasteiger partial charge is 0.300 e. The number of rotatable bonds is 5. The molecule has 6 heteroatoms. The van der Waals surface area contributed by atoms with Gasteiger partial charge in [-0.1, -0.05) is 6.07 Å². The van der Waals surface area contributed by atoms with Crippen LogP contribution in [-0.4, -0.2) is 10.8 Å². The summed E-state index contributed by atoms with van der Waals surface area (Å²) in [4.78, 5) is 15.4. The first-order chi connectivity index (χ1) is 12.8. The van der Waals surface area contributed by atoms with Crippen LogP contribution in [0.25, 0.3) is 11.1 Å². The number of carbonyl (C=O) groups is 1. The molecule has 0 spiro atoms. The molecule has 0 amide bonds. The van der Waals surface area contributed by atoms with Crippen molar-refractivity contribution in [2.24, 2.45) is 0 Å². The Morgan fingerprint density at radius 2 is 2.04 bits per heavy atom. The fraction of sp³-hybridized carbons (Fsp3) is 0.429. The standard InChI is InChI=1S/C21H21F4NO/c1-13(27)4-2-5-14-6-3-7-16-17(14)11-26-12-18(16)15-8-9-19(20(22)10-15)21(23,24)25/h8-12,14H,2-7H2,1H3. The second kappa shape index (κ2) is 7.79. The van der Waals surface area contributed by atoms with Gasteiger partial charge in [-0.3, -0.25) is 4.98 Å². The normalized spacial score (nSPS) is 16.9. The lowest BCUT2D eigenvalue weighted by molar-refractivity contribution is -0.140. The van der Waals surface area contributed by atoms with Crippen molar-refractivity contribution in [1.29, 1.82) is 0 Å². The van der Waals surface area contributed by atoms with Crippen LogP contribution in [0.15, 0.2) is 30.6 Å². The SMILES string of the molecule is CC(=O)CCCC1CCCc2c(-c3ccc(C(F)(F)F)c(F)c3)cncc21.